The average Bonchev–Trinajstić information content (AvgIpc) is 3.15. The van der Waals surface area contributed by atoms with Crippen LogP contribution in [0, 0.1) is 23.7 Å². The summed E-state index contributed by atoms with van der Waals surface area (Å²) < 4.78 is 0. The molecule has 3 atom stereocenters. The molecule has 3 fully saturated rings. The van der Waals surface area contributed by atoms with Crippen LogP contribution in [-0.4, -0.2) is 12.1 Å². The summed E-state index contributed by atoms with van der Waals surface area (Å²) in [5, 5.41) is 4.06. The molecule has 0 aromatic heterocycles. The standard InChI is InChI=1S/C15H27N/c1-10-4-3-5-14(11(10)2)16-15(12-6-7-12)13-8-9-13/h10-16H,3-9H2,1-2H3. The van der Waals surface area contributed by atoms with E-state index in [4.69, 9.17) is 0 Å². The van der Waals surface area contributed by atoms with Crippen molar-refractivity contribution in [1.29, 1.82) is 0 Å². The normalized spacial score (nSPS) is 40.3. The highest BCUT2D eigenvalue weighted by molar-refractivity contribution is 4.98. The van der Waals surface area contributed by atoms with Gasteiger partial charge in [-0.05, 0) is 55.8 Å². The summed E-state index contributed by atoms with van der Waals surface area (Å²) in [7, 11) is 0. The lowest BCUT2D eigenvalue weighted by Crippen LogP contribution is -2.47. The van der Waals surface area contributed by atoms with E-state index in [-0.39, 0.29) is 0 Å². The van der Waals surface area contributed by atoms with Gasteiger partial charge in [0.2, 0.25) is 0 Å². The fourth-order valence-corrected chi connectivity index (χ4v) is 3.63. The van der Waals surface area contributed by atoms with Crippen molar-refractivity contribution in [3.63, 3.8) is 0 Å². The molecule has 16 heavy (non-hydrogen) atoms. The zero-order valence-electron chi connectivity index (χ0n) is 10.9. The maximum Gasteiger partial charge on any atom is 0.0126 e. The van der Waals surface area contributed by atoms with E-state index in [2.05, 4.69) is 19.2 Å². The van der Waals surface area contributed by atoms with Crippen LogP contribution in [0.5, 0.6) is 0 Å². The summed E-state index contributed by atoms with van der Waals surface area (Å²) in [6.07, 6.45) is 10.4. The van der Waals surface area contributed by atoms with Gasteiger partial charge >= 0.3 is 0 Å². The summed E-state index contributed by atoms with van der Waals surface area (Å²) >= 11 is 0. The zero-order valence-corrected chi connectivity index (χ0v) is 10.9. The lowest BCUT2D eigenvalue weighted by atomic mass is 9.77. The number of rotatable bonds is 4. The third-order valence-corrected chi connectivity index (χ3v) is 5.37. The van der Waals surface area contributed by atoms with Crippen LogP contribution in [-0.2, 0) is 0 Å². The molecule has 0 aromatic rings. The van der Waals surface area contributed by atoms with Crippen molar-refractivity contribution in [2.45, 2.75) is 70.9 Å². The molecule has 1 N–H and O–H groups in total. The van der Waals surface area contributed by atoms with E-state index < -0.39 is 0 Å². The molecule has 3 aliphatic carbocycles. The molecule has 1 heteroatoms. The Morgan fingerprint density at radius 3 is 2.06 bits per heavy atom. The number of hydrogen-bond acceptors (Lipinski definition) is 1. The van der Waals surface area contributed by atoms with Crippen LogP contribution in [0.4, 0.5) is 0 Å². The molecule has 3 aliphatic rings. The summed E-state index contributed by atoms with van der Waals surface area (Å²) in [4.78, 5) is 0. The van der Waals surface area contributed by atoms with Gasteiger partial charge in [-0.25, -0.2) is 0 Å². The second-order valence-electron chi connectivity index (χ2n) is 6.74. The Morgan fingerprint density at radius 2 is 1.50 bits per heavy atom. The van der Waals surface area contributed by atoms with E-state index >= 15 is 0 Å². The Bertz CT molecular complexity index is 230. The van der Waals surface area contributed by atoms with Gasteiger partial charge in [0.1, 0.15) is 0 Å². The number of nitrogens with one attached hydrogen (secondary N) is 1. The third-order valence-electron chi connectivity index (χ3n) is 5.37. The first-order valence-corrected chi connectivity index (χ1v) is 7.51. The minimum Gasteiger partial charge on any atom is -0.310 e. The maximum absolute atomic E-state index is 4.06. The molecule has 0 radical (unpaired) electrons. The van der Waals surface area contributed by atoms with Gasteiger partial charge in [-0.15, -0.1) is 0 Å². The molecule has 3 saturated carbocycles. The third kappa shape index (κ3) is 2.30. The molecule has 3 rings (SSSR count). The Kier molecular flexibility index (Phi) is 2.99. The van der Waals surface area contributed by atoms with Crippen LogP contribution in [0.3, 0.4) is 0 Å². The lowest BCUT2D eigenvalue weighted by Gasteiger charge is -2.37. The van der Waals surface area contributed by atoms with Crippen LogP contribution < -0.4 is 5.32 Å². The van der Waals surface area contributed by atoms with Crippen LogP contribution in [0.15, 0.2) is 0 Å². The Hall–Kier alpha value is -0.0400. The van der Waals surface area contributed by atoms with E-state index in [1.165, 1.54) is 44.9 Å². The smallest absolute Gasteiger partial charge is 0.0126 e. The first-order chi connectivity index (χ1) is 7.75. The van der Waals surface area contributed by atoms with E-state index in [1.807, 2.05) is 0 Å². The van der Waals surface area contributed by atoms with Gasteiger partial charge in [0.25, 0.3) is 0 Å². The monoisotopic (exact) mass is 221 g/mol. The van der Waals surface area contributed by atoms with Gasteiger partial charge in [0.15, 0.2) is 0 Å². The minimum absolute atomic E-state index is 0.829. The molecule has 0 heterocycles. The fraction of sp³-hybridized carbons (Fsp3) is 1.00. The van der Waals surface area contributed by atoms with Crippen molar-refractivity contribution >= 4 is 0 Å². The molecule has 92 valence electrons. The van der Waals surface area contributed by atoms with Crippen LogP contribution in [0.25, 0.3) is 0 Å². The minimum atomic E-state index is 0.829. The SMILES string of the molecule is CC1CCCC(NC(C2CC2)C2CC2)C1C. The van der Waals surface area contributed by atoms with E-state index in [1.54, 1.807) is 0 Å². The Balaban J connectivity index is 1.58. The second-order valence-corrected chi connectivity index (χ2v) is 6.74. The molecule has 1 nitrogen and oxygen atoms in total. The highest BCUT2D eigenvalue weighted by Crippen LogP contribution is 2.45. The molecular formula is C15H27N. The van der Waals surface area contributed by atoms with Gasteiger partial charge in [0, 0.05) is 12.1 Å². The van der Waals surface area contributed by atoms with E-state index in [0.717, 1.165) is 35.8 Å². The molecule has 0 amide bonds. The van der Waals surface area contributed by atoms with Crippen LogP contribution in [0.1, 0.15) is 58.8 Å². The van der Waals surface area contributed by atoms with Gasteiger partial charge in [-0.1, -0.05) is 26.7 Å². The van der Waals surface area contributed by atoms with Crippen molar-refractivity contribution in [2.24, 2.45) is 23.7 Å². The van der Waals surface area contributed by atoms with Crippen molar-refractivity contribution in [3.8, 4) is 0 Å². The van der Waals surface area contributed by atoms with Gasteiger partial charge in [0.05, 0.1) is 0 Å². The molecule has 0 spiro atoms. The Labute approximate surface area is 100 Å². The first kappa shape index (κ1) is 11.1. The highest BCUT2D eigenvalue weighted by Gasteiger charge is 2.43. The quantitative estimate of drug-likeness (QED) is 0.765. The fourth-order valence-electron chi connectivity index (χ4n) is 3.63. The van der Waals surface area contributed by atoms with Crippen molar-refractivity contribution in [3.05, 3.63) is 0 Å². The molecule has 0 bridgehead atoms. The number of hydrogen-bond donors (Lipinski definition) is 1. The summed E-state index contributed by atoms with van der Waals surface area (Å²) in [5.74, 6) is 3.94. The van der Waals surface area contributed by atoms with Gasteiger partial charge in [-0.3, -0.25) is 0 Å². The molecule has 3 unspecified atom stereocenters. The van der Waals surface area contributed by atoms with Crippen molar-refractivity contribution < 1.29 is 0 Å². The van der Waals surface area contributed by atoms with Gasteiger partial charge in [-0.2, -0.15) is 0 Å². The van der Waals surface area contributed by atoms with E-state index in [0.29, 0.717) is 0 Å². The topological polar surface area (TPSA) is 12.0 Å². The van der Waals surface area contributed by atoms with Crippen LogP contribution >= 0.6 is 0 Å². The molecule has 0 aromatic carbocycles. The first-order valence-electron chi connectivity index (χ1n) is 7.51. The lowest BCUT2D eigenvalue weighted by molar-refractivity contribution is 0.182. The molecule has 0 saturated heterocycles. The molecule has 0 aliphatic heterocycles. The zero-order chi connectivity index (χ0) is 11.1. The second kappa shape index (κ2) is 4.33. The summed E-state index contributed by atoms with van der Waals surface area (Å²) in [6, 6.07) is 1.73. The largest absolute Gasteiger partial charge is 0.310 e. The highest BCUT2D eigenvalue weighted by atomic mass is 15.0. The Morgan fingerprint density at radius 1 is 0.875 bits per heavy atom. The maximum atomic E-state index is 4.06. The van der Waals surface area contributed by atoms with Crippen molar-refractivity contribution in [2.75, 3.05) is 0 Å². The molecular weight excluding hydrogens is 194 g/mol. The van der Waals surface area contributed by atoms with Crippen LogP contribution in [0.2, 0.25) is 0 Å². The van der Waals surface area contributed by atoms with Crippen molar-refractivity contribution in [1.82, 2.24) is 5.32 Å². The predicted octanol–water partition coefficient (Wildman–Crippen LogP) is 3.59. The summed E-state index contributed by atoms with van der Waals surface area (Å²) in [6.45, 7) is 4.92. The summed E-state index contributed by atoms with van der Waals surface area (Å²) in [5.41, 5.74) is 0. The van der Waals surface area contributed by atoms with Gasteiger partial charge < -0.3 is 5.32 Å². The van der Waals surface area contributed by atoms with E-state index in [9.17, 15) is 0 Å². The average molecular weight is 221 g/mol. The predicted molar refractivity (Wildman–Crippen MR) is 68.3 cm³/mol.